The van der Waals surface area contributed by atoms with Crippen LogP contribution >= 0.6 is 0 Å². The molecule has 1 aliphatic rings. The number of ether oxygens (including phenoxy) is 1. The van der Waals surface area contributed by atoms with Crippen molar-refractivity contribution in [2.45, 2.75) is 57.4 Å². The predicted molar refractivity (Wildman–Crippen MR) is 87.1 cm³/mol. The van der Waals surface area contributed by atoms with E-state index in [1.165, 1.54) is 23.1 Å². The molecule has 7 heteroatoms. The first-order valence-corrected chi connectivity index (χ1v) is 8.25. The Balaban J connectivity index is 2.03. The number of benzene rings is 1. The Kier molecular flexibility index (Phi) is 5.37. The smallest absolute Gasteiger partial charge is 0.416 e. The molecule has 0 atom stereocenters. The molecule has 2 rings (SSSR count). The molecular formula is C18H24F3NO3. The number of carbonyl (C=O) groups excluding carboxylic acids is 1. The average molecular weight is 359 g/mol. The van der Waals surface area contributed by atoms with Gasteiger partial charge in [-0.2, -0.15) is 13.2 Å². The normalized spacial score (nSPS) is 18.1. The lowest BCUT2D eigenvalue weighted by Crippen LogP contribution is -2.49. The Bertz CT molecular complexity index is 615. The van der Waals surface area contributed by atoms with E-state index in [9.17, 15) is 23.1 Å². The zero-order chi connectivity index (χ0) is 18.9. The number of rotatable bonds is 2. The third-order valence-electron chi connectivity index (χ3n) is 4.19. The maximum absolute atomic E-state index is 13.1. The molecule has 1 heterocycles. The molecule has 0 radical (unpaired) electrons. The van der Waals surface area contributed by atoms with E-state index >= 15 is 0 Å². The molecule has 1 amide bonds. The van der Waals surface area contributed by atoms with Gasteiger partial charge in [0.2, 0.25) is 0 Å². The summed E-state index contributed by atoms with van der Waals surface area (Å²) in [5.74, 6) is 0. The number of hydrogen-bond acceptors (Lipinski definition) is 3. The number of likely N-dealkylation sites (tertiary alicyclic amines) is 1. The van der Waals surface area contributed by atoms with Crippen molar-refractivity contribution >= 4 is 6.09 Å². The van der Waals surface area contributed by atoms with Crippen molar-refractivity contribution in [3.63, 3.8) is 0 Å². The van der Waals surface area contributed by atoms with Crippen LogP contribution in [0.25, 0.3) is 0 Å². The first-order valence-electron chi connectivity index (χ1n) is 8.25. The Morgan fingerprint density at radius 3 is 2.28 bits per heavy atom. The summed E-state index contributed by atoms with van der Waals surface area (Å²) in [6.07, 6.45) is -4.60. The van der Waals surface area contributed by atoms with Crippen molar-refractivity contribution in [3.8, 4) is 0 Å². The summed E-state index contributed by atoms with van der Waals surface area (Å²) < 4.78 is 44.6. The lowest BCUT2D eigenvalue weighted by atomic mass is 9.84. The number of halogens is 3. The van der Waals surface area contributed by atoms with Crippen LogP contribution in [-0.2, 0) is 17.3 Å². The fraction of sp³-hybridized carbons (Fsp3) is 0.611. The van der Waals surface area contributed by atoms with Gasteiger partial charge in [0.25, 0.3) is 0 Å². The third-order valence-corrected chi connectivity index (χ3v) is 4.19. The number of aliphatic hydroxyl groups is 1. The summed E-state index contributed by atoms with van der Waals surface area (Å²) in [6, 6.07) is 5.28. The number of alkyl halides is 3. The van der Waals surface area contributed by atoms with Crippen LogP contribution in [0.4, 0.5) is 18.0 Å². The Morgan fingerprint density at radius 1 is 1.20 bits per heavy atom. The maximum Gasteiger partial charge on any atom is 0.416 e. The van der Waals surface area contributed by atoms with Crippen molar-refractivity contribution < 1.29 is 27.8 Å². The molecule has 140 valence electrons. The van der Waals surface area contributed by atoms with E-state index in [4.69, 9.17) is 4.74 Å². The van der Waals surface area contributed by atoms with Gasteiger partial charge in [-0.15, -0.1) is 0 Å². The summed E-state index contributed by atoms with van der Waals surface area (Å²) in [6.45, 7) is 5.79. The quantitative estimate of drug-likeness (QED) is 0.868. The van der Waals surface area contributed by atoms with E-state index in [2.05, 4.69) is 0 Å². The second-order valence-corrected chi connectivity index (χ2v) is 7.52. The molecule has 0 aromatic heterocycles. The van der Waals surface area contributed by atoms with Gasteiger partial charge in [0.05, 0.1) is 11.2 Å². The van der Waals surface area contributed by atoms with Gasteiger partial charge in [0.1, 0.15) is 5.60 Å². The Labute approximate surface area is 145 Å². The van der Waals surface area contributed by atoms with Crippen molar-refractivity contribution in [2.75, 3.05) is 13.1 Å². The SMILES string of the molecule is CC(C)(C)OC(=O)N1CCC(O)(Cc2ccccc2C(F)(F)F)CC1. The topological polar surface area (TPSA) is 49.8 Å². The first-order chi connectivity index (χ1) is 11.4. The van der Waals surface area contributed by atoms with Crippen LogP contribution in [0.5, 0.6) is 0 Å². The minimum Gasteiger partial charge on any atom is -0.444 e. The fourth-order valence-corrected chi connectivity index (χ4v) is 2.91. The van der Waals surface area contributed by atoms with Gasteiger partial charge < -0.3 is 14.7 Å². The number of carbonyl (C=O) groups is 1. The van der Waals surface area contributed by atoms with Gasteiger partial charge >= 0.3 is 12.3 Å². The molecule has 0 unspecified atom stereocenters. The molecule has 1 aromatic rings. The van der Waals surface area contributed by atoms with Gasteiger partial charge in [0, 0.05) is 19.5 Å². The van der Waals surface area contributed by atoms with Crippen molar-refractivity contribution in [1.29, 1.82) is 0 Å². The predicted octanol–water partition coefficient (Wildman–Crippen LogP) is 4.01. The van der Waals surface area contributed by atoms with E-state index in [1.807, 2.05) is 0 Å². The summed E-state index contributed by atoms with van der Waals surface area (Å²) in [5.41, 5.74) is -2.53. The molecule has 1 saturated heterocycles. The van der Waals surface area contributed by atoms with Crippen LogP contribution < -0.4 is 0 Å². The largest absolute Gasteiger partial charge is 0.444 e. The first kappa shape index (κ1) is 19.6. The molecule has 1 aromatic carbocycles. The average Bonchev–Trinajstić information content (AvgIpc) is 2.45. The van der Waals surface area contributed by atoms with E-state index < -0.39 is 29.0 Å². The molecule has 0 spiro atoms. The molecule has 4 nitrogen and oxygen atoms in total. The second kappa shape index (κ2) is 6.86. The minimum atomic E-state index is -4.45. The summed E-state index contributed by atoms with van der Waals surface area (Å²) >= 11 is 0. The van der Waals surface area contributed by atoms with Gasteiger partial charge in [-0.05, 0) is 45.2 Å². The van der Waals surface area contributed by atoms with E-state index in [-0.39, 0.29) is 37.9 Å². The van der Waals surface area contributed by atoms with Gasteiger partial charge in [-0.3, -0.25) is 0 Å². The number of nitrogens with zero attached hydrogens (tertiary/aromatic N) is 1. The third kappa shape index (κ3) is 5.36. The van der Waals surface area contributed by atoms with Crippen LogP contribution in [0.15, 0.2) is 24.3 Å². The summed E-state index contributed by atoms with van der Waals surface area (Å²) in [5, 5.41) is 10.7. The lowest BCUT2D eigenvalue weighted by molar-refractivity contribution is -0.138. The van der Waals surface area contributed by atoms with E-state index in [0.717, 1.165) is 6.07 Å². The zero-order valence-corrected chi connectivity index (χ0v) is 14.7. The highest BCUT2D eigenvalue weighted by Gasteiger charge is 2.39. The van der Waals surface area contributed by atoms with Crippen molar-refractivity contribution in [3.05, 3.63) is 35.4 Å². The molecule has 1 N–H and O–H groups in total. The summed E-state index contributed by atoms with van der Waals surface area (Å²) in [4.78, 5) is 13.5. The van der Waals surface area contributed by atoms with Crippen LogP contribution in [0.3, 0.4) is 0 Å². The van der Waals surface area contributed by atoms with Crippen LogP contribution in [0.2, 0.25) is 0 Å². The molecule has 0 bridgehead atoms. The number of amides is 1. The van der Waals surface area contributed by atoms with Crippen LogP contribution in [0.1, 0.15) is 44.7 Å². The Morgan fingerprint density at radius 2 is 1.76 bits per heavy atom. The molecule has 1 aliphatic heterocycles. The van der Waals surface area contributed by atoms with Crippen molar-refractivity contribution in [1.82, 2.24) is 4.90 Å². The highest BCUT2D eigenvalue weighted by molar-refractivity contribution is 5.68. The molecule has 1 fully saturated rings. The molecular weight excluding hydrogens is 335 g/mol. The number of hydrogen-bond donors (Lipinski definition) is 1. The zero-order valence-electron chi connectivity index (χ0n) is 14.7. The van der Waals surface area contributed by atoms with Gasteiger partial charge in [0.15, 0.2) is 0 Å². The summed E-state index contributed by atoms with van der Waals surface area (Å²) in [7, 11) is 0. The van der Waals surface area contributed by atoms with Crippen LogP contribution in [0, 0.1) is 0 Å². The van der Waals surface area contributed by atoms with Crippen LogP contribution in [-0.4, -0.2) is 40.4 Å². The minimum absolute atomic E-state index is 0.0724. The molecule has 0 aliphatic carbocycles. The van der Waals surface area contributed by atoms with Crippen molar-refractivity contribution in [2.24, 2.45) is 0 Å². The van der Waals surface area contributed by atoms with Gasteiger partial charge in [-0.25, -0.2) is 4.79 Å². The standard InChI is InChI=1S/C18H24F3NO3/c1-16(2,3)25-15(23)22-10-8-17(24,9-11-22)12-13-6-4-5-7-14(13)18(19,20)21/h4-7,24H,8-12H2,1-3H3. The Hall–Kier alpha value is -1.76. The fourth-order valence-electron chi connectivity index (χ4n) is 2.91. The number of piperidine rings is 1. The lowest BCUT2D eigenvalue weighted by Gasteiger charge is -2.39. The molecule has 0 saturated carbocycles. The highest BCUT2D eigenvalue weighted by atomic mass is 19.4. The van der Waals surface area contributed by atoms with E-state index in [0.29, 0.717) is 0 Å². The monoisotopic (exact) mass is 359 g/mol. The second-order valence-electron chi connectivity index (χ2n) is 7.52. The molecule has 25 heavy (non-hydrogen) atoms. The highest BCUT2D eigenvalue weighted by Crippen LogP contribution is 2.35. The van der Waals surface area contributed by atoms with Gasteiger partial charge in [-0.1, -0.05) is 18.2 Å². The maximum atomic E-state index is 13.1. The van der Waals surface area contributed by atoms with E-state index in [1.54, 1.807) is 20.8 Å².